The third-order valence-electron chi connectivity index (χ3n) is 2.55. The predicted octanol–water partition coefficient (Wildman–Crippen LogP) is 0.967. The fourth-order valence-electron chi connectivity index (χ4n) is 1.92. The highest BCUT2D eigenvalue weighted by atomic mass is 16.4. The van der Waals surface area contributed by atoms with Crippen molar-refractivity contribution < 1.29 is 19.8 Å². The van der Waals surface area contributed by atoms with Crippen molar-refractivity contribution in [2.24, 2.45) is 0 Å². The van der Waals surface area contributed by atoms with Crippen molar-refractivity contribution in [1.29, 1.82) is 0 Å². The number of nitrogens with zero attached hydrogens (tertiary/aromatic N) is 1. The lowest BCUT2D eigenvalue weighted by molar-refractivity contribution is 0.0650. The zero-order valence-corrected chi connectivity index (χ0v) is 7.86. The summed E-state index contributed by atoms with van der Waals surface area (Å²) >= 11 is 0. The molecule has 2 N–H and O–H groups in total. The van der Waals surface area contributed by atoms with Gasteiger partial charge in [0.05, 0.1) is 11.1 Å². The van der Waals surface area contributed by atoms with Gasteiger partial charge in [-0.15, -0.1) is 0 Å². The number of aryl methyl sites for hydroxylation is 1. The number of pyridine rings is 1. The standard InChI is InChI=1S/C10H9NO4/c12-9(13)6-4-11-7-3-1-2-5(7)8(6)10(14)15/h4H,1-3H2,(H,12,13)(H,14,15). The van der Waals surface area contributed by atoms with Crippen LogP contribution in [-0.2, 0) is 12.8 Å². The number of hydrogen-bond acceptors (Lipinski definition) is 3. The molecule has 1 aliphatic carbocycles. The number of carbonyl (C=O) groups is 2. The van der Waals surface area contributed by atoms with Crippen LogP contribution in [0.5, 0.6) is 0 Å². The van der Waals surface area contributed by atoms with E-state index in [0.717, 1.165) is 24.7 Å². The molecule has 5 nitrogen and oxygen atoms in total. The maximum atomic E-state index is 11.0. The molecular weight excluding hydrogens is 198 g/mol. The molecule has 1 aliphatic rings. The van der Waals surface area contributed by atoms with E-state index in [1.165, 1.54) is 0 Å². The first-order valence-electron chi connectivity index (χ1n) is 4.58. The smallest absolute Gasteiger partial charge is 0.338 e. The normalized spacial score (nSPS) is 13.6. The molecule has 0 saturated carbocycles. The molecule has 0 saturated heterocycles. The van der Waals surface area contributed by atoms with Crippen molar-refractivity contribution in [1.82, 2.24) is 4.98 Å². The largest absolute Gasteiger partial charge is 0.478 e. The molecule has 1 aromatic rings. The minimum absolute atomic E-state index is 0.0926. The molecule has 0 atom stereocenters. The lowest BCUT2D eigenvalue weighted by Crippen LogP contribution is -2.12. The molecule has 0 unspecified atom stereocenters. The van der Waals surface area contributed by atoms with Gasteiger partial charge in [0.2, 0.25) is 0 Å². The topological polar surface area (TPSA) is 87.5 Å². The highest BCUT2D eigenvalue weighted by Crippen LogP contribution is 2.25. The molecule has 0 spiro atoms. The highest BCUT2D eigenvalue weighted by molar-refractivity contribution is 6.02. The molecule has 0 aliphatic heterocycles. The second-order valence-electron chi connectivity index (χ2n) is 3.44. The average Bonchev–Trinajstić information content (AvgIpc) is 2.62. The molecule has 15 heavy (non-hydrogen) atoms. The summed E-state index contributed by atoms with van der Waals surface area (Å²) in [4.78, 5) is 25.8. The van der Waals surface area contributed by atoms with Crippen LogP contribution in [0.2, 0.25) is 0 Å². The second-order valence-corrected chi connectivity index (χ2v) is 3.44. The molecule has 2 rings (SSSR count). The molecule has 0 fully saturated rings. The Hall–Kier alpha value is -1.91. The number of hydrogen-bond donors (Lipinski definition) is 2. The molecule has 1 heterocycles. The van der Waals surface area contributed by atoms with Gasteiger partial charge < -0.3 is 10.2 Å². The fraction of sp³-hybridized carbons (Fsp3) is 0.300. The van der Waals surface area contributed by atoms with Crippen molar-refractivity contribution in [2.45, 2.75) is 19.3 Å². The van der Waals surface area contributed by atoms with Gasteiger partial charge in [0.15, 0.2) is 0 Å². The van der Waals surface area contributed by atoms with Gasteiger partial charge in [0.25, 0.3) is 0 Å². The van der Waals surface area contributed by atoms with Gasteiger partial charge in [-0.2, -0.15) is 0 Å². The van der Waals surface area contributed by atoms with Crippen LogP contribution in [-0.4, -0.2) is 27.1 Å². The third-order valence-corrected chi connectivity index (χ3v) is 2.55. The Labute approximate surface area is 85.4 Å². The SMILES string of the molecule is O=C(O)c1cnc2c(c1C(=O)O)CCC2. The monoisotopic (exact) mass is 207 g/mol. The number of aromatic carboxylic acids is 2. The summed E-state index contributed by atoms with van der Waals surface area (Å²) in [7, 11) is 0. The van der Waals surface area contributed by atoms with E-state index in [9.17, 15) is 9.59 Å². The fourth-order valence-corrected chi connectivity index (χ4v) is 1.92. The Morgan fingerprint density at radius 2 is 1.93 bits per heavy atom. The molecular formula is C10H9NO4. The molecule has 5 heteroatoms. The number of aromatic nitrogens is 1. The van der Waals surface area contributed by atoms with E-state index in [1.807, 2.05) is 0 Å². The maximum Gasteiger partial charge on any atom is 0.338 e. The first kappa shape index (κ1) is 9.64. The van der Waals surface area contributed by atoms with Crippen LogP contribution in [0.4, 0.5) is 0 Å². The Morgan fingerprint density at radius 3 is 2.53 bits per heavy atom. The van der Waals surface area contributed by atoms with Crippen molar-refractivity contribution in [2.75, 3.05) is 0 Å². The van der Waals surface area contributed by atoms with Crippen LogP contribution in [0.25, 0.3) is 0 Å². The second kappa shape index (κ2) is 3.34. The van der Waals surface area contributed by atoms with Crippen LogP contribution in [0.3, 0.4) is 0 Å². The molecule has 0 aromatic carbocycles. The van der Waals surface area contributed by atoms with Crippen molar-refractivity contribution in [3.8, 4) is 0 Å². The first-order chi connectivity index (χ1) is 7.11. The van der Waals surface area contributed by atoms with Crippen LogP contribution >= 0.6 is 0 Å². The highest BCUT2D eigenvalue weighted by Gasteiger charge is 2.26. The maximum absolute atomic E-state index is 11.0. The third kappa shape index (κ3) is 1.45. The van der Waals surface area contributed by atoms with Crippen molar-refractivity contribution in [3.05, 3.63) is 28.6 Å². The minimum Gasteiger partial charge on any atom is -0.478 e. The summed E-state index contributed by atoms with van der Waals surface area (Å²) in [6.07, 6.45) is 3.31. The van der Waals surface area contributed by atoms with Crippen molar-refractivity contribution >= 4 is 11.9 Å². The Morgan fingerprint density at radius 1 is 1.20 bits per heavy atom. The van der Waals surface area contributed by atoms with E-state index in [0.29, 0.717) is 12.0 Å². The first-order valence-corrected chi connectivity index (χ1v) is 4.58. The summed E-state index contributed by atoms with van der Waals surface area (Å²) in [5, 5.41) is 17.8. The minimum atomic E-state index is -1.24. The summed E-state index contributed by atoms with van der Waals surface area (Å²) in [6, 6.07) is 0. The molecule has 0 bridgehead atoms. The Balaban J connectivity index is 2.69. The van der Waals surface area contributed by atoms with E-state index in [2.05, 4.69) is 4.98 Å². The summed E-state index contributed by atoms with van der Waals surface area (Å²) in [6.45, 7) is 0. The van der Waals surface area contributed by atoms with E-state index >= 15 is 0 Å². The van der Waals surface area contributed by atoms with Gasteiger partial charge in [-0.3, -0.25) is 4.98 Å². The van der Waals surface area contributed by atoms with E-state index in [-0.39, 0.29) is 11.1 Å². The van der Waals surface area contributed by atoms with Crippen LogP contribution < -0.4 is 0 Å². The number of fused-ring (bicyclic) bond motifs is 1. The van der Waals surface area contributed by atoms with Crippen LogP contribution in [0.15, 0.2) is 6.20 Å². The van der Waals surface area contributed by atoms with Gasteiger partial charge in [0.1, 0.15) is 0 Å². The summed E-state index contributed by atoms with van der Waals surface area (Å²) < 4.78 is 0. The van der Waals surface area contributed by atoms with E-state index in [1.54, 1.807) is 0 Å². The quantitative estimate of drug-likeness (QED) is 0.754. The average molecular weight is 207 g/mol. The zero-order chi connectivity index (χ0) is 11.0. The molecule has 78 valence electrons. The lowest BCUT2D eigenvalue weighted by Gasteiger charge is -2.06. The van der Waals surface area contributed by atoms with Gasteiger partial charge >= 0.3 is 11.9 Å². The van der Waals surface area contributed by atoms with E-state index in [4.69, 9.17) is 10.2 Å². The summed E-state index contributed by atoms with van der Waals surface area (Å²) in [5.74, 6) is -2.43. The summed E-state index contributed by atoms with van der Waals surface area (Å²) in [5.41, 5.74) is 0.993. The van der Waals surface area contributed by atoms with Gasteiger partial charge in [0, 0.05) is 11.9 Å². The van der Waals surface area contributed by atoms with Crippen molar-refractivity contribution in [3.63, 3.8) is 0 Å². The zero-order valence-electron chi connectivity index (χ0n) is 7.86. The Bertz CT molecular complexity index is 453. The molecule has 0 radical (unpaired) electrons. The number of rotatable bonds is 2. The van der Waals surface area contributed by atoms with Crippen LogP contribution in [0.1, 0.15) is 38.4 Å². The number of carboxylic acid groups (broad SMARTS) is 2. The Kier molecular flexibility index (Phi) is 2.15. The van der Waals surface area contributed by atoms with Crippen LogP contribution in [0, 0.1) is 0 Å². The predicted molar refractivity (Wildman–Crippen MR) is 50.2 cm³/mol. The van der Waals surface area contributed by atoms with Gasteiger partial charge in [-0.1, -0.05) is 0 Å². The van der Waals surface area contributed by atoms with Gasteiger partial charge in [-0.05, 0) is 24.8 Å². The van der Waals surface area contributed by atoms with E-state index < -0.39 is 11.9 Å². The number of carboxylic acids is 2. The molecule has 0 amide bonds. The van der Waals surface area contributed by atoms with Gasteiger partial charge in [-0.25, -0.2) is 9.59 Å². The molecule has 1 aromatic heterocycles. The lowest BCUT2D eigenvalue weighted by atomic mass is 10.0.